The molecule has 2 amide bonds. The van der Waals surface area contributed by atoms with Gasteiger partial charge in [0.15, 0.2) is 5.84 Å². The standard InChI is InChI=1S/C44H39N7O2S2/c1-43(2,3)41(52)50-37-33(39-45-27-21-13-15-23-29(27)54-39)31(25-17-9-7-10-18-25)35(48-37)47-36-32(26-19-11-8-12-20-26)34(38(49-36)51-42(53)44(4,5)6)40-46-28-22-14-16-24-30(28)55-40/h7-24,48H,1-6H3,(H,50,52)(H,47,49,51,53). The number of amidine groups is 2. The van der Waals surface area contributed by atoms with Crippen LogP contribution in [0.3, 0.4) is 0 Å². The molecule has 7 aromatic rings. The number of fused-ring (bicyclic) bond motifs is 2. The van der Waals surface area contributed by atoms with Gasteiger partial charge in [-0.3, -0.25) is 9.59 Å². The molecule has 1 aliphatic heterocycles. The Morgan fingerprint density at radius 1 is 0.600 bits per heavy atom. The molecule has 0 fully saturated rings. The van der Waals surface area contributed by atoms with Crippen LogP contribution in [0.25, 0.3) is 53.3 Å². The number of hydrogen-bond donors (Lipinski definition) is 3. The summed E-state index contributed by atoms with van der Waals surface area (Å²) in [7, 11) is 0. The van der Waals surface area contributed by atoms with E-state index in [1.807, 2.05) is 151 Å². The smallest absolute Gasteiger partial charge is 0.230 e. The largest absolute Gasteiger partial charge is 0.325 e. The van der Waals surface area contributed by atoms with Crippen molar-refractivity contribution in [2.75, 3.05) is 5.32 Å². The van der Waals surface area contributed by atoms with Crippen LogP contribution in [0.1, 0.15) is 52.1 Å². The minimum Gasteiger partial charge on any atom is -0.325 e. The Balaban J connectivity index is 1.43. The second-order valence-corrected chi connectivity index (χ2v) is 17.4. The van der Waals surface area contributed by atoms with Gasteiger partial charge in [0.1, 0.15) is 27.5 Å². The van der Waals surface area contributed by atoms with Gasteiger partial charge in [-0.25, -0.2) is 20.0 Å². The van der Waals surface area contributed by atoms with E-state index >= 15 is 0 Å². The lowest BCUT2D eigenvalue weighted by molar-refractivity contribution is -0.127. The predicted molar refractivity (Wildman–Crippen MR) is 228 cm³/mol. The summed E-state index contributed by atoms with van der Waals surface area (Å²) in [5.74, 6) is 1.36. The summed E-state index contributed by atoms with van der Waals surface area (Å²) in [5, 5.41) is 7.76. The molecule has 0 unspecified atom stereocenters. The van der Waals surface area contributed by atoms with Crippen molar-refractivity contribution >= 4 is 89.4 Å². The third-order valence-electron chi connectivity index (χ3n) is 9.10. The molecule has 0 saturated carbocycles. The molecule has 4 aromatic carbocycles. The number of aliphatic imine (C=N–C) groups is 2. The summed E-state index contributed by atoms with van der Waals surface area (Å²) in [6, 6.07) is 35.8. The van der Waals surface area contributed by atoms with Gasteiger partial charge in [-0.1, -0.05) is 126 Å². The molecule has 3 aromatic heterocycles. The van der Waals surface area contributed by atoms with Crippen LogP contribution >= 0.6 is 22.7 Å². The molecule has 0 spiro atoms. The van der Waals surface area contributed by atoms with E-state index in [0.29, 0.717) is 33.9 Å². The van der Waals surface area contributed by atoms with Crippen LogP contribution in [-0.4, -0.2) is 38.4 Å². The minimum atomic E-state index is -0.694. The minimum absolute atomic E-state index is 0.163. The van der Waals surface area contributed by atoms with Crippen LogP contribution in [0.4, 0.5) is 11.6 Å². The highest BCUT2D eigenvalue weighted by Gasteiger charge is 2.35. The summed E-state index contributed by atoms with van der Waals surface area (Å²) in [6.07, 6.45) is 0. The third-order valence-corrected chi connectivity index (χ3v) is 11.2. The maximum atomic E-state index is 13.7. The van der Waals surface area contributed by atoms with Gasteiger partial charge in [0, 0.05) is 22.0 Å². The number of carbonyl (C=O) groups excluding carboxylic acids is 2. The second kappa shape index (κ2) is 14.0. The molecule has 0 atom stereocenters. The van der Waals surface area contributed by atoms with E-state index in [4.69, 9.17) is 20.0 Å². The number of H-pyrrole nitrogens is 1. The molecule has 0 aliphatic carbocycles. The van der Waals surface area contributed by atoms with Crippen LogP contribution in [0.15, 0.2) is 119 Å². The van der Waals surface area contributed by atoms with E-state index in [2.05, 4.69) is 15.6 Å². The predicted octanol–water partition coefficient (Wildman–Crippen LogP) is 10.8. The van der Waals surface area contributed by atoms with Crippen LogP contribution in [0.2, 0.25) is 0 Å². The molecule has 0 radical (unpaired) electrons. The normalized spacial score (nSPS) is 14.2. The first-order chi connectivity index (χ1) is 26.3. The summed E-state index contributed by atoms with van der Waals surface area (Å²) < 4.78 is 2.04. The Labute approximate surface area is 327 Å². The van der Waals surface area contributed by atoms with Crippen molar-refractivity contribution in [1.29, 1.82) is 0 Å². The molecule has 1 aliphatic rings. The first-order valence-corrected chi connectivity index (χ1v) is 19.6. The maximum Gasteiger partial charge on any atom is 0.230 e. The van der Waals surface area contributed by atoms with Gasteiger partial charge >= 0.3 is 0 Å². The number of para-hydroxylation sites is 2. The fourth-order valence-corrected chi connectivity index (χ4v) is 8.17. The quantitative estimate of drug-likeness (QED) is 0.156. The number of nitrogens with zero attached hydrogens (tertiary/aromatic N) is 4. The van der Waals surface area contributed by atoms with Crippen molar-refractivity contribution < 1.29 is 9.59 Å². The molecule has 4 heterocycles. The number of hydrogen-bond acceptors (Lipinski definition) is 7. The van der Waals surface area contributed by atoms with Gasteiger partial charge in [0.05, 0.1) is 31.6 Å². The van der Waals surface area contributed by atoms with E-state index in [0.717, 1.165) is 53.3 Å². The number of aromatic amines is 1. The molecule has 9 nitrogen and oxygen atoms in total. The lowest BCUT2D eigenvalue weighted by atomic mass is 9.95. The molecule has 274 valence electrons. The Morgan fingerprint density at radius 2 is 1.11 bits per heavy atom. The van der Waals surface area contributed by atoms with Crippen molar-refractivity contribution in [2.45, 2.75) is 41.5 Å². The fourth-order valence-electron chi connectivity index (χ4n) is 6.13. The Bertz CT molecular complexity index is 2640. The number of benzene rings is 4. The van der Waals surface area contributed by atoms with Gasteiger partial charge in [-0.2, -0.15) is 0 Å². The van der Waals surface area contributed by atoms with Gasteiger partial charge < -0.3 is 15.6 Å². The average Bonchev–Trinajstić information content (AvgIpc) is 3.94. The zero-order chi connectivity index (χ0) is 38.5. The van der Waals surface area contributed by atoms with E-state index < -0.39 is 10.8 Å². The van der Waals surface area contributed by atoms with E-state index in [1.165, 1.54) is 11.3 Å². The number of aromatic nitrogens is 3. The topological polar surface area (TPSA) is 124 Å². The number of carbonyl (C=O) groups is 2. The number of thiazole rings is 2. The van der Waals surface area contributed by atoms with Crippen LogP contribution in [0.5, 0.6) is 0 Å². The summed E-state index contributed by atoms with van der Waals surface area (Å²) in [5.41, 5.74) is 4.96. The fraction of sp³-hybridized carbons (Fsp3) is 0.182. The second-order valence-electron chi connectivity index (χ2n) is 15.4. The number of rotatable bonds is 6. The monoisotopic (exact) mass is 761 g/mol. The molecule has 0 saturated heterocycles. The van der Waals surface area contributed by atoms with Crippen LogP contribution < -0.4 is 10.6 Å². The van der Waals surface area contributed by atoms with Crippen molar-refractivity contribution in [3.8, 4) is 21.7 Å². The van der Waals surface area contributed by atoms with Crippen molar-refractivity contribution in [1.82, 2.24) is 20.3 Å². The summed E-state index contributed by atoms with van der Waals surface area (Å²) in [4.78, 5) is 51.4. The van der Waals surface area contributed by atoms with E-state index in [-0.39, 0.29) is 11.8 Å². The zero-order valence-electron chi connectivity index (χ0n) is 31.3. The lowest BCUT2D eigenvalue weighted by Gasteiger charge is -2.18. The summed E-state index contributed by atoms with van der Waals surface area (Å²) in [6.45, 7) is 11.2. The van der Waals surface area contributed by atoms with Crippen molar-refractivity contribution in [3.63, 3.8) is 0 Å². The van der Waals surface area contributed by atoms with Gasteiger partial charge in [0.25, 0.3) is 0 Å². The van der Waals surface area contributed by atoms with Gasteiger partial charge in [-0.05, 0) is 35.4 Å². The molecule has 0 bridgehead atoms. The first kappa shape index (κ1) is 36.0. The van der Waals surface area contributed by atoms with Crippen LogP contribution in [0, 0.1) is 10.8 Å². The number of nitrogens with one attached hydrogen (secondary N) is 3. The number of amides is 2. The van der Waals surface area contributed by atoms with E-state index in [1.54, 1.807) is 11.3 Å². The van der Waals surface area contributed by atoms with E-state index in [9.17, 15) is 9.59 Å². The maximum absolute atomic E-state index is 13.7. The third kappa shape index (κ3) is 7.04. The Morgan fingerprint density at radius 3 is 1.69 bits per heavy atom. The highest BCUT2D eigenvalue weighted by atomic mass is 32.1. The van der Waals surface area contributed by atoms with Crippen LogP contribution in [-0.2, 0) is 9.59 Å². The first-order valence-electron chi connectivity index (χ1n) is 18.0. The molecule has 8 rings (SSSR count). The molecule has 3 N–H and O–H groups in total. The molecule has 55 heavy (non-hydrogen) atoms. The molecule has 11 heteroatoms. The Hall–Kier alpha value is -6.04. The molecular formula is C44H39N7O2S2. The number of anilines is 1. The summed E-state index contributed by atoms with van der Waals surface area (Å²) >= 11 is 3.08. The average molecular weight is 762 g/mol. The highest BCUT2D eigenvalue weighted by Crippen LogP contribution is 2.48. The van der Waals surface area contributed by atoms with Gasteiger partial charge in [-0.15, -0.1) is 22.7 Å². The lowest BCUT2D eigenvalue weighted by Crippen LogP contribution is -2.39. The van der Waals surface area contributed by atoms with Crippen molar-refractivity contribution in [2.24, 2.45) is 20.8 Å². The van der Waals surface area contributed by atoms with Crippen molar-refractivity contribution in [3.05, 3.63) is 120 Å². The zero-order valence-corrected chi connectivity index (χ0v) is 32.9. The Kier molecular flexibility index (Phi) is 9.14. The SMILES string of the molecule is CC(C)(C)C(=O)NC1=NC(=Nc2[nH]c(NC(=O)C(C)(C)C)c(-c3nc4ccccc4s3)c2-c2ccccc2)C(c2ccccc2)=C1c1nc2ccccc2s1. The molecular weight excluding hydrogens is 723 g/mol. The van der Waals surface area contributed by atoms with Gasteiger partial charge in [0.2, 0.25) is 11.8 Å². The highest BCUT2D eigenvalue weighted by molar-refractivity contribution is 7.21.